The van der Waals surface area contributed by atoms with E-state index >= 15 is 0 Å². The highest BCUT2D eigenvalue weighted by Crippen LogP contribution is 2.40. The number of methoxy groups -OCH3 is 1. The summed E-state index contributed by atoms with van der Waals surface area (Å²) in [7, 11) is 1.32. The van der Waals surface area contributed by atoms with Crippen LogP contribution in [-0.2, 0) is 4.74 Å². The Balaban J connectivity index is 1.94. The number of ether oxygens (including phenoxy) is 1. The lowest BCUT2D eigenvalue weighted by molar-refractivity contribution is 0.0603. The van der Waals surface area contributed by atoms with Crippen LogP contribution in [0.5, 0.6) is 0 Å². The predicted molar refractivity (Wildman–Crippen MR) is 115 cm³/mol. The number of hydrogen-bond acceptors (Lipinski definition) is 4. The summed E-state index contributed by atoms with van der Waals surface area (Å²) in [6.45, 7) is 3.91. The molecule has 3 aromatic rings. The second-order valence-electron chi connectivity index (χ2n) is 6.18. The van der Waals surface area contributed by atoms with Gasteiger partial charge >= 0.3 is 12.0 Å². The van der Waals surface area contributed by atoms with E-state index in [-0.39, 0.29) is 0 Å². The van der Waals surface area contributed by atoms with Gasteiger partial charge in [-0.15, -0.1) is 11.3 Å². The zero-order chi connectivity index (χ0) is 20.3. The summed E-state index contributed by atoms with van der Waals surface area (Å²) < 4.78 is 4.97. The van der Waals surface area contributed by atoms with Crippen molar-refractivity contribution in [2.45, 2.75) is 13.8 Å². The molecule has 0 saturated carbocycles. The first-order chi connectivity index (χ1) is 13.4. The number of carbonyl (C=O) groups excluding carboxylic acids is 2. The lowest BCUT2D eigenvalue weighted by atomic mass is 10.0. The number of hydrogen-bond donors (Lipinski definition) is 2. The van der Waals surface area contributed by atoms with Crippen molar-refractivity contribution < 1.29 is 14.3 Å². The van der Waals surface area contributed by atoms with E-state index in [0.717, 1.165) is 21.6 Å². The van der Waals surface area contributed by atoms with Crippen LogP contribution < -0.4 is 10.6 Å². The van der Waals surface area contributed by atoms with E-state index in [1.807, 2.05) is 38.1 Å². The van der Waals surface area contributed by atoms with E-state index < -0.39 is 12.0 Å². The van der Waals surface area contributed by atoms with Crippen LogP contribution in [-0.4, -0.2) is 19.1 Å². The molecule has 2 N–H and O–H groups in total. The second-order valence-corrected chi connectivity index (χ2v) is 7.85. The maximum absolute atomic E-state index is 12.5. The summed E-state index contributed by atoms with van der Waals surface area (Å²) >= 11 is 7.27. The molecular formula is C21H19ClN2O3S. The number of benzene rings is 2. The fraction of sp³-hybridized carbons (Fsp3) is 0.143. The number of amides is 2. The topological polar surface area (TPSA) is 67.4 Å². The minimum absolute atomic E-state index is 0.343. The molecule has 144 valence electrons. The van der Waals surface area contributed by atoms with Gasteiger partial charge in [0.1, 0.15) is 10.6 Å². The predicted octanol–water partition coefficient (Wildman–Crippen LogP) is 6.12. The van der Waals surface area contributed by atoms with Crippen LogP contribution in [0.15, 0.2) is 48.5 Å². The van der Waals surface area contributed by atoms with Crippen LogP contribution in [0.25, 0.3) is 11.1 Å². The molecule has 0 fully saturated rings. The minimum atomic E-state index is -0.502. The highest BCUT2D eigenvalue weighted by atomic mass is 35.5. The standard InChI is InChI=1S/C21H19ClN2O3S/c1-12-7-9-14(10-8-12)17-13(2)28-19(18(17)20(25)27-3)24-21(26)23-16-6-4-5-15(22)11-16/h4-11H,1-3H3,(H2,23,24,26). The molecule has 7 heteroatoms. The summed E-state index contributed by atoms with van der Waals surface area (Å²) in [5, 5.41) is 6.42. The van der Waals surface area contributed by atoms with Gasteiger partial charge in [-0.1, -0.05) is 47.5 Å². The van der Waals surface area contributed by atoms with Gasteiger partial charge in [0.25, 0.3) is 0 Å². The van der Waals surface area contributed by atoms with E-state index in [0.29, 0.717) is 21.3 Å². The molecule has 1 heterocycles. The summed E-state index contributed by atoms with van der Waals surface area (Å²) in [4.78, 5) is 25.8. The quantitative estimate of drug-likeness (QED) is 0.505. The average molecular weight is 415 g/mol. The molecule has 0 bridgehead atoms. The summed E-state index contributed by atoms with van der Waals surface area (Å²) in [6, 6.07) is 14.2. The van der Waals surface area contributed by atoms with Crippen LogP contribution in [0.1, 0.15) is 20.8 Å². The van der Waals surface area contributed by atoms with E-state index in [4.69, 9.17) is 16.3 Å². The number of esters is 1. The summed E-state index contributed by atoms with van der Waals surface area (Å²) in [5.41, 5.74) is 3.67. The first-order valence-corrected chi connectivity index (χ1v) is 9.71. The first-order valence-electron chi connectivity index (χ1n) is 8.51. The molecule has 0 aliphatic heterocycles. The van der Waals surface area contributed by atoms with Crippen LogP contribution in [0.2, 0.25) is 5.02 Å². The van der Waals surface area contributed by atoms with Crippen molar-refractivity contribution in [1.29, 1.82) is 0 Å². The Morgan fingerprint density at radius 1 is 1.04 bits per heavy atom. The van der Waals surface area contributed by atoms with Crippen molar-refractivity contribution in [3.8, 4) is 11.1 Å². The van der Waals surface area contributed by atoms with E-state index in [1.54, 1.807) is 24.3 Å². The van der Waals surface area contributed by atoms with Gasteiger partial charge in [-0.3, -0.25) is 5.32 Å². The third kappa shape index (κ3) is 4.35. The van der Waals surface area contributed by atoms with Crippen molar-refractivity contribution in [2.75, 3.05) is 17.7 Å². The van der Waals surface area contributed by atoms with Gasteiger partial charge in [0.2, 0.25) is 0 Å². The number of nitrogens with one attached hydrogen (secondary N) is 2. The van der Waals surface area contributed by atoms with Gasteiger partial charge in [-0.25, -0.2) is 9.59 Å². The molecule has 2 amide bonds. The average Bonchev–Trinajstić information content (AvgIpc) is 2.97. The molecule has 0 spiro atoms. The Morgan fingerprint density at radius 2 is 1.75 bits per heavy atom. The molecule has 0 atom stereocenters. The number of anilines is 2. The van der Waals surface area contributed by atoms with Crippen molar-refractivity contribution in [2.24, 2.45) is 0 Å². The number of aryl methyl sites for hydroxylation is 2. The lowest BCUT2D eigenvalue weighted by Gasteiger charge is -2.09. The zero-order valence-electron chi connectivity index (χ0n) is 15.6. The normalized spacial score (nSPS) is 10.4. The molecule has 0 aliphatic carbocycles. The molecule has 0 saturated heterocycles. The first kappa shape index (κ1) is 19.9. The molecule has 28 heavy (non-hydrogen) atoms. The maximum Gasteiger partial charge on any atom is 0.341 e. The smallest absolute Gasteiger partial charge is 0.341 e. The van der Waals surface area contributed by atoms with Crippen molar-refractivity contribution in [3.05, 3.63) is 69.6 Å². The summed E-state index contributed by atoms with van der Waals surface area (Å²) in [5.74, 6) is -0.502. The number of rotatable bonds is 4. The fourth-order valence-corrected chi connectivity index (χ4v) is 4.08. The van der Waals surface area contributed by atoms with Crippen molar-refractivity contribution in [1.82, 2.24) is 0 Å². The van der Waals surface area contributed by atoms with Crippen molar-refractivity contribution >= 4 is 45.6 Å². The van der Waals surface area contributed by atoms with Crippen LogP contribution >= 0.6 is 22.9 Å². The van der Waals surface area contributed by atoms with Gasteiger partial charge in [-0.2, -0.15) is 0 Å². The van der Waals surface area contributed by atoms with E-state index in [1.165, 1.54) is 18.4 Å². The fourth-order valence-electron chi connectivity index (χ4n) is 2.83. The molecule has 2 aromatic carbocycles. The molecule has 5 nitrogen and oxygen atoms in total. The van der Waals surface area contributed by atoms with Gasteiger partial charge in [-0.05, 0) is 37.6 Å². The van der Waals surface area contributed by atoms with Gasteiger partial charge in [0.05, 0.1) is 7.11 Å². The van der Waals surface area contributed by atoms with Gasteiger partial charge < -0.3 is 10.1 Å². The maximum atomic E-state index is 12.5. The van der Waals surface area contributed by atoms with E-state index in [2.05, 4.69) is 10.6 Å². The Labute approximate surface area is 172 Å². The Hall–Kier alpha value is -2.83. The minimum Gasteiger partial charge on any atom is -0.465 e. The number of carbonyl (C=O) groups is 2. The monoisotopic (exact) mass is 414 g/mol. The molecule has 0 unspecified atom stereocenters. The SMILES string of the molecule is COC(=O)c1c(NC(=O)Nc2cccc(Cl)c2)sc(C)c1-c1ccc(C)cc1. The number of halogens is 1. The largest absolute Gasteiger partial charge is 0.465 e. The molecule has 3 rings (SSSR count). The van der Waals surface area contributed by atoms with Crippen LogP contribution in [0, 0.1) is 13.8 Å². The highest BCUT2D eigenvalue weighted by molar-refractivity contribution is 7.17. The van der Waals surface area contributed by atoms with E-state index in [9.17, 15) is 9.59 Å². The molecular weight excluding hydrogens is 396 g/mol. The third-order valence-corrected chi connectivity index (χ3v) is 5.38. The number of urea groups is 1. The lowest BCUT2D eigenvalue weighted by Crippen LogP contribution is -2.20. The zero-order valence-corrected chi connectivity index (χ0v) is 17.2. The summed E-state index contributed by atoms with van der Waals surface area (Å²) in [6.07, 6.45) is 0. The Morgan fingerprint density at radius 3 is 2.39 bits per heavy atom. The van der Waals surface area contributed by atoms with Gasteiger partial charge in [0, 0.05) is 21.2 Å². The molecule has 0 radical (unpaired) electrons. The highest BCUT2D eigenvalue weighted by Gasteiger charge is 2.25. The second kappa shape index (κ2) is 8.46. The molecule has 0 aliphatic rings. The third-order valence-electron chi connectivity index (χ3n) is 4.12. The molecule has 1 aromatic heterocycles. The van der Waals surface area contributed by atoms with Gasteiger partial charge in [0.15, 0.2) is 0 Å². The Bertz CT molecular complexity index is 1030. The Kier molecular flexibility index (Phi) is 6.02. The number of thiophene rings is 1. The van der Waals surface area contributed by atoms with Crippen molar-refractivity contribution in [3.63, 3.8) is 0 Å². The van der Waals surface area contributed by atoms with Crippen LogP contribution in [0.3, 0.4) is 0 Å². The van der Waals surface area contributed by atoms with Crippen LogP contribution in [0.4, 0.5) is 15.5 Å².